The maximum absolute atomic E-state index is 9.69. The zero-order chi connectivity index (χ0) is 18.0. The van der Waals surface area contributed by atoms with Gasteiger partial charge in [-0.3, -0.25) is 5.41 Å². The average Bonchev–Trinajstić information content (AvgIpc) is 3.02. The number of pyridine rings is 1. The van der Waals surface area contributed by atoms with Crippen molar-refractivity contribution in [2.45, 2.75) is 32.5 Å². The molecule has 1 fully saturated rings. The summed E-state index contributed by atoms with van der Waals surface area (Å²) in [6.07, 6.45) is 3.26. The van der Waals surface area contributed by atoms with Gasteiger partial charge in [-0.15, -0.1) is 0 Å². The second kappa shape index (κ2) is 7.02. The number of aliphatic hydroxyl groups excluding tert-OH is 1. The molecule has 0 aromatic carbocycles. The molecule has 1 atom stereocenters. The van der Waals surface area contributed by atoms with Crippen molar-refractivity contribution >= 4 is 17.2 Å². The summed E-state index contributed by atoms with van der Waals surface area (Å²) >= 11 is 0. The maximum Gasteiger partial charge on any atom is 0.214 e. The molecule has 0 spiro atoms. The molecule has 0 amide bonds. The zero-order valence-corrected chi connectivity index (χ0v) is 14.3. The first-order chi connectivity index (χ1) is 11.9. The quantitative estimate of drug-likeness (QED) is 0.699. The summed E-state index contributed by atoms with van der Waals surface area (Å²) in [7, 11) is 0. The Morgan fingerprint density at radius 2 is 2.16 bits per heavy atom. The molecular weight excluding hydrogens is 320 g/mol. The molecule has 132 valence electrons. The number of nitrogens with two attached hydrogens (primary N) is 1. The van der Waals surface area contributed by atoms with Crippen LogP contribution >= 0.6 is 0 Å². The van der Waals surface area contributed by atoms with Gasteiger partial charge in [-0.2, -0.15) is 0 Å². The number of nitrogen functional groups attached to an aromatic ring is 1. The van der Waals surface area contributed by atoms with Gasteiger partial charge in [0.25, 0.3) is 0 Å². The monoisotopic (exact) mass is 342 g/mol. The minimum atomic E-state index is -0.343. The Kier molecular flexibility index (Phi) is 4.80. The lowest BCUT2D eigenvalue weighted by Crippen LogP contribution is -2.23. The molecule has 4 N–H and O–H groups in total. The Morgan fingerprint density at radius 3 is 2.84 bits per heavy atom. The summed E-state index contributed by atoms with van der Waals surface area (Å²) in [5.74, 6) is 1.11. The molecule has 3 rings (SSSR count). The van der Waals surface area contributed by atoms with Crippen LogP contribution in [0.3, 0.4) is 0 Å². The van der Waals surface area contributed by atoms with E-state index in [4.69, 9.17) is 15.9 Å². The van der Waals surface area contributed by atoms with E-state index in [1.54, 1.807) is 12.1 Å². The van der Waals surface area contributed by atoms with Crippen molar-refractivity contribution in [1.82, 2.24) is 15.0 Å². The van der Waals surface area contributed by atoms with Gasteiger partial charge in [0, 0.05) is 30.8 Å². The second-order valence-corrected chi connectivity index (χ2v) is 6.30. The molecule has 1 saturated heterocycles. The van der Waals surface area contributed by atoms with Gasteiger partial charge in [0.05, 0.1) is 35.5 Å². The van der Waals surface area contributed by atoms with E-state index in [1.807, 2.05) is 18.7 Å². The van der Waals surface area contributed by atoms with Crippen molar-refractivity contribution in [2.75, 3.05) is 23.7 Å². The van der Waals surface area contributed by atoms with Crippen molar-refractivity contribution in [3.8, 4) is 5.88 Å². The molecule has 25 heavy (non-hydrogen) atoms. The van der Waals surface area contributed by atoms with E-state index in [2.05, 4.69) is 15.0 Å². The number of nitrogens with zero attached hydrogens (tertiary/aromatic N) is 4. The smallest absolute Gasteiger partial charge is 0.214 e. The van der Waals surface area contributed by atoms with Gasteiger partial charge in [-0.25, -0.2) is 15.0 Å². The number of hydrogen-bond acceptors (Lipinski definition) is 8. The molecule has 2 aromatic rings. The molecule has 1 aliphatic heterocycles. The lowest BCUT2D eigenvalue weighted by Gasteiger charge is -2.17. The van der Waals surface area contributed by atoms with E-state index in [0.717, 1.165) is 6.54 Å². The molecule has 0 aliphatic carbocycles. The standard InChI is InChI=1S/C17H22N6O2/c1-10(2)25-16-5-12(13(18)7-20-16)17(19)14-6-15(22-9-21-14)23-4-3-11(24)8-23/h5-7,9-11,19,24H,3-4,8,18H2,1-2H3. The van der Waals surface area contributed by atoms with Crippen molar-refractivity contribution in [3.63, 3.8) is 0 Å². The predicted octanol–water partition coefficient (Wildman–Crippen LogP) is 1.23. The lowest BCUT2D eigenvalue weighted by molar-refractivity contribution is 0.198. The summed E-state index contributed by atoms with van der Waals surface area (Å²) in [4.78, 5) is 14.6. The van der Waals surface area contributed by atoms with E-state index < -0.39 is 0 Å². The van der Waals surface area contributed by atoms with E-state index >= 15 is 0 Å². The van der Waals surface area contributed by atoms with Crippen LogP contribution in [0.2, 0.25) is 0 Å². The first kappa shape index (κ1) is 17.1. The van der Waals surface area contributed by atoms with Gasteiger partial charge in [0.2, 0.25) is 5.88 Å². The Morgan fingerprint density at radius 1 is 1.36 bits per heavy atom. The maximum atomic E-state index is 9.69. The van der Waals surface area contributed by atoms with Crippen molar-refractivity contribution in [3.05, 3.63) is 35.9 Å². The molecular formula is C17H22N6O2. The van der Waals surface area contributed by atoms with Crippen LogP contribution in [0, 0.1) is 5.41 Å². The Hall–Kier alpha value is -2.74. The van der Waals surface area contributed by atoms with Gasteiger partial charge in [0.1, 0.15) is 12.1 Å². The van der Waals surface area contributed by atoms with Gasteiger partial charge < -0.3 is 20.5 Å². The Balaban J connectivity index is 1.88. The van der Waals surface area contributed by atoms with Crippen LogP contribution in [0.1, 0.15) is 31.5 Å². The summed E-state index contributed by atoms with van der Waals surface area (Å²) in [5.41, 5.74) is 7.52. The van der Waals surface area contributed by atoms with Crippen LogP contribution < -0.4 is 15.4 Å². The molecule has 0 saturated carbocycles. The number of β-amino-alcohol motifs (C(OH)–C–C–N with tert-alkyl or cyclic N) is 1. The van der Waals surface area contributed by atoms with Crippen molar-refractivity contribution in [2.24, 2.45) is 0 Å². The highest BCUT2D eigenvalue weighted by molar-refractivity contribution is 6.13. The minimum Gasteiger partial charge on any atom is -0.475 e. The number of ether oxygens (including phenoxy) is 1. The van der Waals surface area contributed by atoms with Crippen molar-refractivity contribution in [1.29, 1.82) is 5.41 Å². The molecule has 2 aromatic heterocycles. The molecule has 3 heterocycles. The predicted molar refractivity (Wildman–Crippen MR) is 95.2 cm³/mol. The SMILES string of the molecule is CC(C)Oc1cc(C(=N)c2cc(N3CCC(O)C3)ncn2)c(N)cn1. The zero-order valence-electron chi connectivity index (χ0n) is 14.3. The van der Waals surface area contributed by atoms with E-state index in [1.165, 1.54) is 12.5 Å². The van der Waals surface area contributed by atoms with E-state index in [9.17, 15) is 5.11 Å². The highest BCUT2D eigenvalue weighted by atomic mass is 16.5. The molecule has 1 aliphatic rings. The van der Waals surface area contributed by atoms with E-state index in [-0.39, 0.29) is 17.9 Å². The first-order valence-electron chi connectivity index (χ1n) is 8.20. The fourth-order valence-corrected chi connectivity index (χ4v) is 2.71. The van der Waals surface area contributed by atoms with Crippen LogP contribution in [0.4, 0.5) is 11.5 Å². The fraction of sp³-hybridized carbons (Fsp3) is 0.412. The van der Waals surface area contributed by atoms with Crippen molar-refractivity contribution < 1.29 is 9.84 Å². The Bertz CT molecular complexity index is 779. The highest BCUT2D eigenvalue weighted by Gasteiger charge is 2.22. The summed E-state index contributed by atoms with van der Waals surface area (Å²) in [5, 5.41) is 18.2. The fourth-order valence-electron chi connectivity index (χ4n) is 2.71. The van der Waals surface area contributed by atoms with E-state index in [0.29, 0.717) is 41.6 Å². The summed E-state index contributed by atoms with van der Waals surface area (Å²) < 4.78 is 5.58. The molecule has 8 nitrogen and oxygen atoms in total. The number of rotatable bonds is 5. The van der Waals surface area contributed by atoms with Gasteiger partial charge in [0.15, 0.2) is 0 Å². The molecule has 8 heteroatoms. The molecule has 1 unspecified atom stereocenters. The highest BCUT2D eigenvalue weighted by Crippen LogP contribution is 2.23. The van der Waals surface area contributed by atoms with Gasteiger partial charge in [-0.1, -0.05) is 0 Å². The van der Waals surface area contributed by atoms with Crippen LogP contribution in [0.5, 0.6) is 5.88 Å². The minimum absolute atomic E-state index is 0.0228. The lowest BCUT2D eigenvalue weighted by atomic mass is 10.1. The summed E-state index contributed by atoms with van der Waals surface area (Å²) in [6, 6.07) is 3.39. The van der Waals surface area contributed by atoms with Gasteiger partial charge >= 0.3 is 0 Å². The van der Waals surface area contributed by atoms with Crippen LogP contribution in [-0.4, -0.2) is 51.1 Å². The summed E-state index contributed by atoms with van der Waals surface area (Å²) in [6.45, 7) is 5.08. The first-order valence-corrected chi connectivity index (χ1v) is 8.20. The normalized spacial score (nSPS) is 17.1. The number of anilines is 2. The molecule has 0 bridgehead atoms. The topological polar surface area (TPSA) is 121 Å². The molecule has 0 radical (unpaired) electrons. The van der Waals surface area contributed by atoms with Gasteiger partial charge in [-0.05, 0) is 20.3 Å². The Labute approximate surface area is 146 Å². The second-order valence-electron chi connectivity index (χ2n) is 6.30. The van der Waals surface area contributed by atoms with Crippen LogP contribution in [0.15, 0.2) is 24.7 Å². The number of hydrogen-bond donors (Lipinski definition) is 3. The third-order valence-electron chi connectivity index (χ3n) is 3.93. The number of aliphatic hydroxyl groups is 1. The average molecular weight is 342 g/mol. The third kappa shape index (κ3) is 3.85. The van der Waals surface area contributed by atoms with Crippen LogP contribution in [-0.2, 0) is 0 Å². The van der Waals surface area contributed by atoms with Crippen LogP contribution in [0.25, 0.3) is 0 Å². The largest absolute Gasteiger partial charge is 0.475 e. The third-order valence-corrected chi connectivity index (χ3v) is 3.93. The number of aromatic nitrogens is 3. The number of nitrogens with one attached hydrogen (secondary N) is 1.